The molecule has 0 aromatic heterocycles. The van der Waals surface area contributed by atoms with Crippen LogP contribution in [-0.4, -0.2) is 20.1 Å². The molecule has 1 aliphatic rings. The summed E-state index contributed by atoms with van der Waals surface area (Å²) >= 11 is 0. The molecular weight excluding hydrogens is 314 g/mol. The fourth-order valence-corrected chi connectivity index (χ4v) is 3.40. The van der Waals surface area contributed by atoms with Crippen LogP contribution in [0.2, 0.25) is 0 Å². The van der Waals surface area contributed by atoms with E-state index in [-0.39, 0.29) is 11.4 Å². The van der Waals surface area contributed by atoms with Gasteiger partial charge in [0, 0.05) is 6.42 Å². The molecule has 0 bridgehead atoms. The molecule has 0 saturated heterocycles. The van der Waals surface area contributed by atoms with Crippen molar-refractivity contribution in [3.63, 3.8) is 0 Å². The van der Waals surface area contributed by atoms with E-state index >= 15 is 0 Å². The summed E-state index contributed by atoms with van der Waals surface area (Å²) in [6, 6.07) is 16.1. The number of ether oxygens (including phenoxy) is 2. The van der Waals surface area contributed by atoms with Crippen molar-refractivity contribution in [1.82, 2.24) is 5.32 Å². The van der Waals surface area contributed by atoms with Crippen LogP contribution in [0.1, 0.15) is 36.8 Å². The first-order chi connectivity index (χ1) is 12.2. The summed E-state index contributed by atoms with van der Waals surface area (Å²) in [5.74, 6) is 1.49. The SMILES string of the molecule is COc1ccc(CCC(=O)NC2(c3ccccc3)CCC2)cc1OC. The normalized spacial score (nSPS) is 15.1. The van der Waals surface area contributed by atoms with Crippen molar-refractivity contribution >= 4 is 5.91 Å². The first kappa shape index (κ1) is 17.3. The van der Waals surface area contributed by atoms with Crippen molar-refractivity contribution in [1.29, 1.82) is 0 Å². The zero-order chi connectivity index (χ0) is 17.7. The number of benzene rings is 2. The monoisotopic (exact) mass is 339 g/mol. The highest BCUT2D eigenvalue weighted by molar-refractivity contribution is 5.77. The topological polar surface area (TPSA) is 47.6 Å². The molecule has 1 amide bonds. The number of hydrogen-bond acceptors (Lipinski definition) is 3. The van der Waals surface area contributed by atoms with Crippen molar-refractivity contribution in [2.24, 2.45) is 0 Å². The van der Waals surface area contributed by atoms with Crippen LogP contribution in [0.25, 0.3) is 0 Å². The van der Waals surface area contributed by atoms with Gasteiger partial charge in [-0.1, -0.05) is 36.4 Å². The summed E-state index contributed by atoms with van der Waals surface area (Å²) in [6.45, 7) is 0. The van der Waals surface area contributed by atoms with Gasteiger partial charge in [-0.3, -0.25) is 4.79 Å². The third-order valence-electron chi connectivity index (χ3n) is 5.00. The van der Waals surface area contributed by atoms with Gasteiger partial charge < -0.3 is 14.8 Å². The van der Waals surface area contributed by atoms with Gasteiger partial charge in [0.05, 0.1) is 19.8 Å². The van der Waals surface area contributed by atoms with Crippen LogP contribution in [0.4, 0.5) is 0 Å². The number of methoxy groups -OCH3 is 2. The molecule has 1 fully saturated rings. The molecule has 0 atom stereocenters. The lowest BCUT2D eigenvalue weighted by Gasteiger charge is -2.43. The van der Waals surface area contributed by atoms with E-state index in [1.54, 1.807) is 14.2 Å². The lowest BCUT2D eigenvalue weighted by atomic mass is 9.71. The van der Waals surface area contributed by atoms with Crippen molar-refractivity contribution in [3.05, 3.63) is 59.7 Å². The Morgan fingerprint density at radius 1 is 1.04 bits per heavy atom. The van der Waals surface area contributed by atoms with Gasteiger partial charge in [-0.15, -0.1) is 0 Å². The van der Waals surface area contributed by atoms with Crippen LogP contribution in [0.15, 0.2) is 48.5 Å². The van der Waals surface area contributed by atoms with Crippen molar-refractivity contribution < 1.29 is 14.3 Å². The first-order valence-corrected chi connectivity index (χ1v) is 8.74. The second-order valence-corrected chi connectivity index (χ2v) is 6.54. The minimum absolute atomic E-state index is 0.0957. The number of amides is 1. The van der Waals surface area contributed by atoms with E-state index in [1.807, 2.05) is 36.4 Å². The van der Waals surface area contributed by atoms with Crippen molar-refractivity contribution in [2.45, 2.75) is 37.6 Å². The fraction of sp³-hybridized carbons (Fsp3) is 0.381. The van der Waals surface area contributed by atoms with Crippen LogP contribution in [-0.2, 0) is 16.8 Å². The maximum atomic E-state index is 12.5. The number of rotatable bonds is 7. The van der Waals surface area contributed by atoms with Crippen molar-refractivity contribution in [3.8, 4) is 11.5 Å². The minimum Gasteiger partial charge on any atom is -0.493 e. The Balaban J connectivity index is 1.61. The molecule has 25 heavy (non-hydrogen) atoms. The predicted octanol–water partition coefficient (Wildman–Crippen LogP) is 3.83. The maximum absolute atomic E-state index is 12.5. The fourth-order valence-electron chi connectivity index (χ4n) is 3.40. The highest BCUT2D eigenvalue weighted by Gasteiger charge is 2.39. The summed E-state index contributed by atoms with van der Waals surface area (Å²) in [5, 5.41) is 3.27. The van der Waals surface area contributed by atoms with Gasteiger partial charge in [0.1, 0.15) is 0 Å². The van der Waals surface area contributed by atoms with Crippen LogP contribution >= 0.6 is 0 Å². The molecule has 3 rings (SSSR count). The quantitative estimate of drug-likeness (QED) is 0.834. The van der Waals surface area contributed by atoms with Gasteiger partial charge >= 0.3 is 0 Å². The Morgan fingerprint density at radius 2 is 1.76 bits per heavy atom. The molecule has 2 aromatic rings. The standard InChI is InChI=1S/C21H25NO3/c1-24-18-11-9-16(15-19(18)25-2)10-12-20(23)22-21(13-6-14-21)17-7-4-3-5-8-17/h3-5,7-9,11,15H,6,10,12-14H2,1-2H3,(H,22,23). The maximum Gasteiger partial charge on any atom is 0.221 e. The Bertz CT molecular complexity index is 723. The van der Waals surface area contributed by atoms with Gasteiger partial charge in [-0.05, 0) is 48.9 Å². The molecule has 1 saturated carbocycles. The van der Waals surface area contributed by atoms with Crippen LogP contribution < -0.4 is 14.8 Å². The van der Waals surface area contributed by atoms with E-state index in [4.69, 9.17) is 9.47 Å². The average molecular weight is 339 g/mol. The lowest BCUT2D eigenvalue weighted by molar-refractivity contribution is -0.124. The second kappa shape index (κ2) is 7.60. The molecule has 0 unspecified atom stereocenters. The molecule has 4 nitrogen and oxygen atoms in total. The van der Waals surface area contributed by atoms with Gasteiger partial charge in [-0.25, -0.2) is 0 Å². The van der Waals surface area contributed by atoms with Gasteiger partial charge in [0.25, 0.3) is 0 Å². The molecule has 2 aromatic carbocycles. The van der Waals surface area contributed by atoms with E-state index in [9.17, 15) is 4.79 Å². The zero-order valence-corrected chi connectivity index (χ0v) is 14.9. The molecular formula is C21H25NO3. The number of aryl methyl sites for hydroxylation is 1. The molecule has 4 heteroatoms. The molecule has 1 N–H and O–H groups in total. The van der Waals surface area contributed by atoms with E-state index in [0.29, 0.717) is 24.3 Å². The summed E-state index contributed by atoms with van der Waals surface area (Å²) in [7, 11) is 3.24. The minimum atomic E-state index is -0.171. The molecule has 0 aliphatic heterocycles. The molecule has 1 aliphatic carbocycles. The van der Waals surface area contributed by atoms with Crippen LogP contribution in [0.3, 0.4) is 0 Å². The molecule has 0 heterocycles. The van der Waals surface area contributed by atoms with Crippen LogP contribution in [0.5, 0.6) is 11.5 Å². The first-order valence-electron chi connectivity index (χ1n) is 8.74. The summed E-state index contributed by atoms with van der Waals surface area (Å²) in [5.41, 5.74) is 2.10. The van der Waals surface area contributed by atoms with E-state index in [0.717, 1.165) is 24.8 Å². The third kappa shape index (κ3) is 3.78. The zero-order valence-electron chi connectivity index (χ0n) is 14.9. The predicted molar refractivity (Wildman–Crippen MR) is 98.0 cm³/mol. The lowest BCUT2D eigenvalue weighted by Crippen LogP contribution is -2.50. The van der Waals surface area contributed by atoms with E-state index in [1.165, 1.54) is 5.56 Å². The summed E-state index contributed by atoms with van der Waals surface area (Å²) in [4.78, 5) is 12.5. The number of nitrogens with one attached hydrogen (secondary N) is 1. The second-order valence-electron chi connectivity index (χ2n) is 6.54. The Kier molecular flexibility index (Phi) is 5.27. The number of hydrogen-bond donors (Lipinski definition) is 1. The smallest absolute Gasteiger partial charge is 0.221 e. The van der Waals surface area contributed by atoms with Crippen molar-refractivity contribution in [2.75, 3.05) is 14.2 Å². The number of carbonyl (C=O) groups excluding carboxylic acids is 1. The Morgan fingerprint density at radius 3 is 2.36 bits per heavy atom. The van der Waals surface area contributed by atoms with E-state index in [2.05, 4.69) is 17.4 Å². The highest BCUT2D eigenvalue weighted by atomic mass is 16.5. The van der Waals surface area contributed by atoms with Gasteiger partial charge in [0.2, 0.25) is 5.91 Å². The molecule has 132 valence electrons. The molecule has 0 spiro atoms. The highest BCUT2D eigenvalue weighted by Crippen LogP contribution is 2.41. The number of carbonyl (C=O) groups is 1. The largest absolute Gasteiger partial charge is 0.493 e. The average Bonchev–Trinajstić information content (AvgIpc) is 2.63. The summed E-state index contributed by atoms with van der Waals surface area (Å²) < 4.78 is 10.6. The van der Waals surface area contributed by atoms with Gasteiger partial charge in [-0.2, -0.15) is 0 Å². The molecule has 0 radical (unpaired) electrons. The Hall–Kier alpha value is -2.49. The van der Waals surface area contributed by atoms with Crippen LogP contribution in [0, 0.1) is 0 Å². The van der Waals surface area contributed by atoms with E-state index < -0.39 is 0 Å². The van der Waals surface area contributed by atoms with Gasteiger partial charge in [0.15, 0.2) is 11.5 Å². The third-order valence-corrected chi connectivity index (χ3v) is 5.00. The summed E-state index contributed by atoms with van der Waals surface area (Å²) in [6.07, 6.45) is 4.32. The Labute approximate surface area is 149 Å².